The van der Waals surface area contributed by atoms with E-state index in [-0.39, 0.29) is 23.8 Å². The zero-order chi connectivity index (χ0) is 19.2. The smallest absolute Gasteiger partial charge is 0.244 e. The minimum atomic E-state index is -3.78. The van der Waals surface area contributed by atoms with Crippen molar-refractivity contribution < 1.29 is 27.4 Å². The van der Waals surface area contributed by atoms with E-state index in [0.29, 0.717) is 17.2 Å². The van der Waals surface area contributed by atoms with Crippen LogP contribution in [0.4, 0.5) is 0 Å². The van der Waals surface area contributed by atoms with E-state index in [2.05, 4.69) is 4.72 Å². The molecule has 0 bridgehead atoms. The minimum Gasteiger partial charge on any atom is -0.497 e. The molecule has 0 aromatic heterocycles. The third-order valence-electron chi connectivity index (χ3n) is 3.63. The molecule has 2 rings (SSSR count). The lowest BCUT2D eigenvalue weighted by atomic mass is 10.2. The standard InChI is InChI=1S/C18H23NO6S/c1-13-5-7-15(17(11-13)24-4)25-10-9-19-26(20,21)18-12-14(22-2)6-8-16(18)23-3/h5-8,11-12,19H,9-10H2,1-4H3. The van der Waals surface area contributed by atoms with Crippen LogP contribution in [0.15, 0.2) is 41.3 Å². The molecule has 0 radical (unpaired) electrons. The second-order valence-corrected chi connectivity index (χ2v) is 7.15. The van der Waals surface area contributed by atoms with E-state index in [0.717, 1.165) is 5.56 Å². The highest BCUT2D eigenvalue weighted by molar-refractivity contribution is 7.89. The number of hydrogen-bond acceptors (Lipinski definition) is 6. The Balaban J connectivity index is 2.03. The number of methoxy groups -OCH3 is 3. The van der Waals surface area contributed by atoms with Crippen LogP contribution in [0.5, 0.6) is 23.0 Å². The van der Waals surface area contributed by atoms with E-state index < -0.39 is 10.0 Å². The highest BCUT2D eigenvalue weighted by Crippen LogP contribution is 2.29. The summed E-state index contributed by atoms with van der Waals surface area (Å²) in [6.45, 7) is 2.17. The van der Waals surface area contributed by atoms with Crippen molar-refractivity contribution in [3.8, 4) is 23.0 Å². The van der Waals surface area contributed by atoms with E-state index in [1.54, 1.807) is 25.3 Å². The lowest BCUT2D eigenvalue weighted by Crippen LogP contribution is -2.28. The van der Waals surface area contributed by atoms with Crippen LogP contribution < -0.4 is 23.7 Å². The maximum Gasteiger partial charge on any atom is 0.244 e. The van der Waals surface area contributed by atoms with E-state index in [9.17, 15) is 8.42 Å². The average molecular weight is 381 g/mol. The van der Waals surface area contributed by atoms with Gasteiger partial charge in [-0.2, -0.15) is 0 Å². The number of aryl methyl sites for hydroxylation is 1. The highest BCUT2D eigenvalue weighted by atomic mass is 32.2. The number of sulfonamides is 1. The second-order valence-electron chi connectivity index (χ2n) is 5.42. The first-order valence-corrected chi connectivity index (χ1v) is 9.38. The van der Waals surface area contributed by atoms with Gasteiger partial charge in [0.2, 0.25) is 10.0 Å². The first-order chi connectivity index (χ1) is 12.4. The van der Waals surface area contributed by atoms with Crippen LogP contribution in [0.25, 0.3) is 0 Å². The van der Waals surface area contributed by atoms with Crippen LogP contribution in [0.3, 0.4) is 0 Å². The molecule has 0 atom stereocenters. The average Bonchev–Trinajstić information content (AvgIpc) is 2.65. The van der Waals surface area contributed by atoms with Crippen LogP contribution in [0, 0.1) is 6.92 Å². The zero-order valence-corrected chi connectivity index (χ0v) is 16.1. The van der Waals surface area contributed by atoms with Crippen molar-refractivity contribution in [1.29, 1.82) is 0 Å². The molecular weight excluding hydrogens is 358 g/mol. The molecule has 0 aliphatic carbocycles. The summed E-state index contributed by atoms with van der Waals surface area (Å²) >= 11 is 0. The van der Waals surface area contributed by atoms with Crippen LogP contribution in [0.2, 0.25) is 0 Å². The first kappa shape index (κ1) is 19.9. The lowest BCUT2D eigenvalue weighted by Gasteiger charge is -2.13. The third kappa shape index (κ3) is 4.80. The van der Waals surface area contributed by atoms with Gasteiger partial charge in [0, 0.05) is 12.6 Å². The molecule has 0 spiro atoms. The largest absolute Gasteiger partial charge is 0.497 e. The Kier molecular flexibility index (Phi) is 6.70. The third-order valence-corrected chi connectivity index (χ3v) is 5.11. The van der Waals surface area contributed by atoms with Crippen molar-refractivity contribution in [2.45, 2.75) is 11.8 Å². The molecule has 0 unspecified atom stereocenters. The maximum atomic E-state index is 12.5. The van der Waals surface area contributed by atoms with Gasteiger partial charge in [-0.15, -0.1) is 0 Å². The zero-order valence-electron chi connectivity index (χ0n) is 15.2. The van der Waals surface area contributed by atoms with Crippen molar-refractivity contribution in [2.75, 3.05) is 34.5 Å². The molecule has 142 valence electrons. The van der Waals surface area contributed by atoms with Gasteiger partial charge in [-0.05, 0) is 36.8 Å². The molecule has 0 amide bonds. The normalized spacial score (nSPS) is 11.1. The monoisotopic (exact) mass is 381 g/mol. The van der Waals surface area contributed by atoms with Crippen molar-refractivity contribution in [2.24, 2.45) is 0 Å². The molecule has 0 aliphatic heterocycles. The highest BCUT2D eigenvalue weighted by Gasteiger charge is 2.20. The van der Waals surface area contributed by atoms with Gasteiger partial charge >= 0.3 is 0 Å². The van der Waals surface area contributed by atoms with E-state index in [1.165, 1.54) is 20.3 Å². The Morgan fingerprint density at radius 2 is 1.58 bits per heavy atom. The summed E-state index contributed by atoms with van der Waals surface area (Å²) in [5.41, 5.74) is 1.04. The molecule has 0 heterocycles. The van der Waals surface area contributed by atoms with Gasteiger partial charge in [0.05, 0.1) is 21.3 Å². The summed E-state index contributed by atoms with van der Waals surface area (Å²) in [7, 11) is 0.653. The van der Waals surface area contributed by atoms with Crippen molar-refractivity contribution in [3.63, 3.8) is 0 Å². The first-order valence-electron chi connectivity index (χ1n) is 7.90. The number of nitrogens with one attached hydrogen (secondary N) is 1. The summed E-state index contributed by atoms with van der Waals surface area (Å²) in [5.74, 6) is 1.81. The SMILES string of the molecule is COc1ccc(OC)c(S(=O)(=O)NCCOc2ccc(C)cc2OC)c1. The summed E-state index contributed by atoms with van der Waals surface area (Å²) in [6.07, 6.45) is 0. The Morgan fingerprint density at radius 1 is 0.885 bits per heavy atom. The Hall–Kier alpha value is -2.45. The maximum absolute atomic E-state index is 12.5. The van der Waals surface area contributed by atoms with Gasteiger partial charge in [0.15, 0.2) is 11.5 Å². The second kappa shape index (κ2) is 8.77. The fourth-order valence-corrected chi connectivity index (χ4v) is 3.50. The van der Waals surface area contributed by atoms with E-state index in [4.69, 9.17) is 18.9 Å². The van der Waals surface area contributed by atoms with Gasteiger partial charge in [0.25, 0.3) is 0 Å². The van der Waals surface area contributed by atoms with Crippen LogP contribution in [-0.2, 0) is 10.0 Å². The number of rotatable bonds is 9. The van der Waals surface area contributed by atoms with Crippen LogP contribution in [0.1, 0.15) is 5.56 Å². The molecule has 0 aliphatic rings. The van der Waals surface area contributed by atoms with Gasteiger partial charge in [-0.3, -0.25) is 0 Å². The Morgan fingerprint density at radius 3 is 2.23 bits per heavy atom. The summed E-state index contributed by atoms with van der Waals surface area (Å²) in [6, 6.07) is 10.1. The molecule has 8 heteroatoms. The number of benzene rings is 2. The molecule has 7 nitrogen and oxygen atoms in total. The van der Waals surface area contributed by atoms with Gasteiger partial charge in [0.1, 0.15) is 23.0 Å². The minimum absolute atomic E-state index is 0.00673. The summed E-state index contributed by atoms with van der Waals surface area (Å²) < 4.78 is 48.6. The van der Waals surface area contributed by atoms with Gasteiger partial charge in [-0.1, -0.05) is 6.07 Å². The molecular formula is C18H23NO6S. The molecule has 2 aromatic carbocycles. The van der Waals surface area contributed by atoms with Crippen LogP contribution in [-0.4, -0.2) is 42.9 Å². The number of ether oxygens (including phenoxy) is 4. The quantitative estimate of drug-likeness (QED) is 0.672. The molecule has 26 heavy (non-hydrogen) atoms. The van der Waals surface area contributed by atoms with E-state index >= 15 is 0 Å². The van der Waals surface area contributed by atoms with Crippen molar-refractivity contribution in [3.05, 3.63) is 42.0 Å². The molecule has 1 N–H and O–H groups in total. The van der Waals surface area contributed by atoms with Crippen molar-refractivity contribution >= 4 is 10.0 Å². The summed E-state index contributed by atoms with van der Waals surface area (Å²) in [5, 5.41) is 0. The van der Waals surface area contributed by atoms with Crippen LogP contribution >= 0.6 is 0 Å². The fourth-order valence-electron chi connectivity index (χ4n) is 2.30. The van der Waals surface area contributed by atoms with Crippen molar-refractivity contribution in [1.82, 2.24) is 4.72 Å². The molecule has 0 saturated heterocycles. The van der Waals surface area contributed by atoms with E-state index in [1.807, 2.05) is 19.1 Å². The Labute approximate surface area is 153 Å². The predicted octanol–water partition coefficient (Wildman–Crippen LogP) is 2.38. The molecule has 0 fully saturated rings. The Bertz CT molecular complexity index is 851. The summed E-state index contributed by atoms with van der Waals surface area (Å²) in [4.78, 5) is 0.00673. The predicted molar refractivity (Wildman–Crippen MR) is 98.0 cm³/mol. The topological polar surface area (TPSA) is 83.1 Å². The van der Waals surface area contributed by atoms with Gasteiger partial charge < -0.3 is 18.9 Å². The van der Waals surface area contributed by atoms with Gasteiger partial charge in [-0.25, -0.2) is 13.1 Å². The molecule has 0 saturated carbocycles. The molecule has 2 aromatic rings. The fraction of sp³-hybridized carbons (Fsp3) is 0.333. The number of hydrogen-bond donors (Lipinski definition) is 1. The lowest BCUT2D eigenvalue weighted by molar-refractivity contribution is 0.298.